The van der Waals surface area contributed by atoms with Crippen LogP contribution in [0.4, 0.5) is 0 Å². The Morgan fingerprint density at radius 2 is 1.91 bits per heavy atom. The molecule has 1 N–H and O–H groups in total. The minimum Gasteiger partial charge on any atom is -0.343 e. The highest BCUT2D eigenvalue weighted by molar-refractivity contribution is 5.87. The van der Waals surface area contributed by atoms with Crippen LogP contribution in [0.2, 0.25) is 0 Å². The van der Waals surface area contributed by atoms with E-state index in [1.165, 1.54) is 11.6 Å². The lowest BCUT2D eigenvalue weighted by Crippen LogP contribution is -2.27. The zero-order chi connectivity index (χ0) is 16.2. The normalized spacial score (nSPS) is 12.0. The van der Waals surface area contributed by atoms with E-state index < -0.39 is 0 Å². The van der Waals surface area contributed by atoms with E-state index in [9.17, 15) is 4.79 Å². The van der Waals surface area contributed by atoms with E-state index in [-0.39, 0.29) is 11.9 Å². The van der Waals surface area contributed by atoms with Gasteiger partial charge in [0.05, 0.1) is 17.1 Å². The SMILES string of the molecule is C=CC(=O)NC(C)c1nc2ccccc2n1Cc1ccccc1. The second-order valence-electron chi connectivity index (χ2n) is 5.46. The monoisotopic (exact) mass is 305 g/mol. The maximum Gasteiger partial charge on any atom is 0.243 e. The Labute approximate surface area is 135 Å². The van der Waals surface area contributed by atoms with E-state index in [0.717, 1.165) is 16.9 Å². The van der Waals surface area contributed by atoms with Gasteiger partial charge in [-0.25, -0.2) is 4.98 Å². The first-order valence-corrected chi connectivity index (χ1v) is 7.61. The predicted molar refractivity (Wildman–Crippen MR) is 92.0 cm³/mol. The number of benzene rings is 2. The second kappa shape index (κ2) is 6.48. The van der Waals surface area contributed by atoms with Crippen LogP contribution in [0.3, 0.4) is 0 Å². The Bertz CT molecular complexity index is 836. The molecule has 2 aromatic carbocycles. The van der Waals surface area contributed by atoms with Crippen LogP contribution >= 0.6 is 0 Å². The highest BCUT2D eigenvalue weighted by Crippen LogP contribution is 2.22. The first kappa shape index (κ1) is 15.0. The molecular formula is C19H19N3O. The summed E-state index contributed by atoms with van der Waals surface area (Å²) in [6.45, 7) is 6.15. The number of fused-ring (bicyclic) bond motifs is 1. The number of para-hydroxylation sites is 2. The maximum atomic E-state index is 11.6. The van der Waals surface area contributed by atoms with Crippen molar-refractivity contribution >= 4 is 16.9 Å². The Morgan fingerprint density at radius 1 is 1.22 bits per heavy atom. The Morgan fingerprint density at radius 3 is 2.65 bits per heavy atom. The molecule has 1 atom stereocenters. The van der Waals surface area contributed by atoms with Crippen LogP contribution in [-0.2, 0) is 11.3 Å². The maximum absolute atomic E-state index is 11.6. The van der Waals surface area contributed by atoms with E-state index >= 15 is 0 Å². The summed E-state index contributed by atoms with van der Waals surface area (Å²) in [7, 11) is 0. The van der Waals surface area contributed by atoms with Gasteiger partial charge in [0.1, 0.15) is 5.82 Å². The van der Waals surface area contributed by atoms with E-state index in [0.29, 0.717) is 6.54 Å². The fraction of sp³-hybridized carbons (Fsp3) is 0.158. The summed E-state index contributed by atoms with van der Waals surface area (Å²) < 4.78 is 2.15. The Hall–Kier alpha value is -2.88. The summed E-state index contributed by atoms with van der Waals surface area (Å²) in [4.78, 5) is 16.3. The Balaban J connectivity index is 2.04. The molecule has 116 valence electrons. The molecule has 4 heteroatoms. The molecule has 0 saturated heterocycles. The summed E-state index contributed by atoms with van der Waals surface area (Å²) in [5.74, 6) is 0.640. The van der Waals surface area contributed by atoms with E-state index in [1.54, 1.807) is 0 Å². The molecule has 0 spiro atoms. The van der Waals surface area contributed by atoms with Gasteiger partial charge in [0.15, 0.2) is 0 Å². The van der Waals surface area contributed by atoms with Gasteiger partial charge in [-0.2, -0.15) is 0 Å². The number of nitrogens with one attached hydrogen (secondary N) is 1. The van der Waals surface area contributed by atoms with Crippen LogP contribution in [0.5, 0.6) is 0 Å². The van der Waals surface area contributed by atoms with Crippen LogP contribution in [0.25, 0.3) is 11.0 Å². The number of rotatable bonds is 5. The van der Waals surface area contributed by atoms with Crippen LogP contribution in [0.1, 0.15) is 24.4 Å². The average Bonchev–Trinajstić information content (AvgIpc) is 2.94. The van der Waals surface area contributed by atoms with Crippen LogP contribution in [0.15, 0.2) is 67.3 Å². The van der Waals surface area contributed by atoms with Crippen LogP contribution in [0, 0.1) is 0 Å². The van der Waals surface area contributed by atoms with Crippen LogP contribution in [-0.4, -0.2) is 15.5 Å². The number of imidazole rings is 1. The van der Waals surface area contributed by atoms with Crippen molar-refractivity contribution in [2.75, 3.05) is 0 Å². The number of nitrogens with zero attached hydrogens (tertiary/aromatic N) is 2. The smallest absolute Gasteiger partial charge is 0.243 e. The summed E-state index contributed by atoms with van der Waals surface area (Å²) in [6.07, 6.45) is 1.28. The van der Waals surface area contributed by atoms with Gasteiger partial charge in [-0.15, -0.1) is 0 Å². The topological polar surface area (TPSA) is 46.9 Å². The molecule has 0 saturated carbocycles. The minimum absolute atomic E-state index is 0.198. The molecule has 23 heavy (non-hydrogen) atoms. The molecule has 3 aromatic rings. The van der Waals surface area contributed by atoms with E-state index in [2.05, 4.69) is 34.7 Å². The van der Waals surface area contributed by atoms with Crippen molar-refractivity contribution in [3.63, 3.8) is 0 Å². The lowest BCUT2D eigenvalue weighted by Gasteiger charge is -2.15. The molecule has 0 bridgehead atoms. The van der Waals surface area contributed by atoms with Gasteiger partial charge in [0.2, 0.25) is 5.91 Å². The molecule has 1 amide bonds. The third kappa shape index (κ3) is 3.16. The quantitative estimate of drug-likeness (QED) is 0.734. The summed E-state index contributed by atoms with van der Waals surface area (Å²) >= 11 is 0. The van der Waals surface area contributed by atoms with Gasteiger partial charge >= 0.3 is 0 Å². The van der Waals surface area contributed by atoms with Gasteiger partial charge in [-0.05, 0) is 30.7 Å². The summed E-state index contributed by atoms with van der Waals surface area (Å²) in [5.41, 5.74) is 3.18. The van der Waals surface area contributed by atoms with E-state index in [1.807, 2.05) is 43.3 Å². The lowest BCUT2D eigenvalue weighted by atomic mass is 10.2. The van der Waals surface area contributed by atoms with Gasteiger partial charge in [-0.1, -0.05) is 49.0 Å². The highest BCUT2D eigenvalue weighted by Gasteiger charge is 2.17. The zero-order valence-corrected chi connectivity index (χ0v) is 13.1. The standard InChI is InChI=1S/C19H19N3O/c1-3-18(23)20-14(2)19-21-16-11-7-8-12-17(16)22(19)13-15-9-5-4-6-10-15/h3-12,14H,1,13H2,2H3,(H,20,23). The molecule has 1 aromatic heterocycles. The number of hydrogen-bond acceptors (Lipinski definition) is 2. The van der Waals surface area contributed by atoms with Crippen molar-refractivity contribution in [3.05, 3.63) is 78.6 Å². The fourth-order valence-electron chi connectivity index (χ4n) is 2.69. The van der Waals surface area contributed by atoms with Crippen molar-refractivity contribution in [3.8, 4) is 0 Å². The first-order valence-electron chi connectivity index (χ1n) is 7.61. The number of carbonyl (C=O) groups is 1. The van der Waals surface area contributed by atoms with Gasteiger partial charge in [-0.3, -0.25) is 4.79 Å². The number of hydrogen-bond donors (Lipinski definition) is 1. The zero-order valence-electron chi connectivity index (χ0n) is 13.1. The third-order valence-electron chi connectivity index (χ3n) is 3.80. The molecule has 0 aliphatic carbocycles. The third-order valence-corrected chi connectivity index (χ3v) is 3.80. The predicted octanol–water partition coefficient (Wildman–Crippen LogP) is 3.45. The summed E-state index contributed by atoms with van der Waals surface area (Å²) in [6, 6.07) is 18.0. The fourth-order valence-corrected chi connectivity index (χ4v) is 2.69. The van der Waals surface area contributed by atoms with Crippen LogP contribution < -0.4 is 5.32 Å². The van der Waals surface area contributed by atoms with Crippen molar-refractivity contribution in [2.24, 2.45) is 0 Å². The van der Waals surface area contributed by atoms with Crippen molar-refractivity contribution in [1.82, 2.24) is 14.9 Å². The van der Waals surface area contributed by atoms with Crippen molar-refractivity contribution < 1.29 is 4.79 Å². The molecular weight excluding hydrogens is 286 g/mol. The summed E-state index contributed by atoms with van der Waals surface area (Å²) in [5, 5.41) is 2.89. The minimum atomic E-state index is -0.198. The molecule has 3 rings (SSSR count). The molecule has 1 heterocycles. The number of aromatic nitrogens is 2. The Kier molecular flexibility index (Phi) is 4.24. The molecule has 0 radical (unpaired) electrons. The van der Waals surface area contributed by atoms with Gasteiger partial charge < -0.3 is 9.88 Å². The highest BCUT2D eigenvalue weighted by atomic mass is 16.1. The number of amides is 1. The average molecular weight is 305 g/mol. The van der Waals surface area contributed by atoms with Crippen molar-refractivity contribution in [2.45, 2.75) is 19.5 Å². The largest absolute Gasteiger partial charge is 0.343 e. The van der Waals surface area contributed by atoms with Crippen molar-refractivity contribution in [1.29, 1.82) is 0 Å². The molecule has 0 aliphatic rings. The molecule has 1 unspecified atom stereocenters. The molecule has 0 fully saturated rings. The lowest BCUT2D eigenvalue weighted by molar-refractivity contribution is -0.117. The number of carbonyl (C=O) groups excluding carboxylic acids is 1. The first-order chi connectivity index (χ1) is 11.2. The van der Waals surface area contributed by atoms with Gasteiger partial charge in [0, 0.05) is 6.54 Å². The van der Waals surface area contributed by atoms with Gasteiger partial charge in [0.25, 0.3) is 0 Å². The molecule has 0 aliphatic heterocycles. The van der Waals surface area contributed by atoms with E-state index in [4.69, 9.17) is 4.98 Å². The second-order valence-corrected chi connectivity index (χ2v) is 5.46. The molecule has 4 nitrogen and oxygen atoms in total.